The van der Waals surface area contributed by atoms with Crippen LogP contribution in [0.3, 0.4) is 0 Å². The highest BCUT2D eigenvalue weighted by Gasteiger charge is 2.02. The maximum atomic E-state index is 5.37. The number of hydrazine groups is 1. The number of hydrogen-bond acceptors (Lipinski definition) is 3. The Kier molecular flexibility index (Phi) is 1.97. The summed E-state index contributed by atoms with van der Waals surface area (Å²) in [4.78, 5) is 0. The van der Waals surface area contributed by atoms with Gasteiger partial charge in [-0.1, -0.05) is 18.2 Å². The van der Waals surface area contributed by atoms with Crippen molar-refractivity contribution in [2.24, 2.45) is 5.84 Å². The first-order chi connectivity index (χ1) is 6.42. The molecular formula is C9H10N4. The molecule has 0 saturated heterocycles. The molecule has 0 bridgehead atoms. The molecule has 0 radical (unpaired) electrons. The zero-order chi connectivity index (χ0) is 9.10. The van der Waals surface area contributed by atoms with E-state index in [9.17, 15) is 0 Å². The fourth-order valence-electron chi connectivity index (χ4n) is 1.25. The maximum Gasteiger partial charge on any atom is 0.0671 e. The Hall–Kier alpha value is -1.81. The average Bonchev–Trinajstić information content (AvgIpc) is 2.70. The van der Waals surface area contributed by atoms with Crippen molar-refractivity contribution in [1.29, 1.82) is 0 Å². The minimum atomic E-state index is 0.881. The molecule has 0 amide bonds. The second kappa shape index (κ2) is 3.28. The number of nitrogens with one attached hydrogen (secondary N) is 2. The van der Waals surface area contributed by atoms with Crippen LogP contribution in [0.2, 0.25) is 0 Å². The summed E-state index contributed by atoms with van der Waals surface area (Å²) < 4.78 is 0. The molecule has 1 aromatic heterocycles. The second-order valence-electron chi connectivity index (χ2n) is 2.66. The molecule has 2 aromatic rings. The molecule has 0 aliphatic carbocycles. The van der Waals surface area contributed by atoms with E-state index in [1.807, 2.05) is 30.3 Å². The third-order valence-electron chi connectivity index (χ3n) is 1.87. The first-order valence-electron chi connectivity index (χ1n) is 3.97. The molecule has 1 heterocycles. The molecule has 0 saturated carbocycles. The van der Waals surface area contributed by atoms with Crippen molar-refractivity contribution in [1.82, 2.24) is 10.2 Å². The van der Waals surface area contributed by atoms with Gasteiger partial charge >= 0.3 is 0 Å². The van der Waals surface area contributed by atoms with Gasteiger partial charge in [0.05, 0.1) is 11.4 Å². The second-order valence-corrected chi connectivity index (χ2v) is 2.66. The Morgan fingerprint density at radius 1 is 1.23 bits per heavy atom. The first kappa shape index (κ1) is 7.82. The quantitative estimate of drug-likeness (QED) is 0.475. The van der Waals surface area contributed by atoms with Crippen LogP contribution in [-0.4, -0.2) is 10.2 Å². The van der Waals surface area contributed by atoms with Crippen LogP contribution in [0, 0.1) is 0 Å². The van der Waals surface area contributed by atoms with E-state index in [1.165, 1.54) is 0 Å². The number of benzene rings is 1. The van der Waals surface area contributed by atoms with Gasteiger partial charge in [-0.25, -0.2) is 0 Å². The van der Waals surface area contributed by atoms with Gasteiger partial charge in [-0.15, -0.1) is 0 Å². The van der Waals surface area contributed by atoms with Gasteiger partial charge in [0.2, 0.25) is 0 Å². The molecule has 0 fully saturated rings. The van der Waals surface area contributed by atoms with Gasteiger partial charge in [0, 0.05) is 11.8 Å². The number of para-hydroxylation sites is 1. The lowest BCUT2D eigenvalue weighted by Crippen LogP contribution is -2.07. The van der Waals surface area contributed by atoms with E-state index >= 15 is 0 Å². The van der Waals surface area contributed by atoms with Crippen LogP contribution in [0.4, 0.5) is 5.69 Å². The van der Waals surface area contributed by atoms with E-state index < -0.39 is 0 Å². The number of nitrogens with two attached hydrogens (primary N) is 1. The van der Waals surface area contributed by atoms with Gasteiger partial charge in [-0.05, 0) is 12.1 Å². The number of nitrogen functional groups attached to an aromatic ring is 1. The number of aromatic amines is 1. The highest BCUT2D eigenvalue weighted by molar-refractivity contribution is 5.74. The minimum Gasteiger partial charge on any atom is -0.323 e. The molecule has 4 N–H and O–H groups in total. The zero-order valence-corrected chi connectivity index (χ0v) is 6.99. The standard InChI is InChI=1S/C9H10N4/c10-12-8-4-2-1-3-7(8)9-5-6-11-13-9/h1-6,12H,10H2,(H,11,13). The lowest BCUT2D eigenvalue weighted by molar-refractivity contribution is 1.09. The molecule has 2 rings (SSSR count). The average molecular weight is 174 g/mol. The fourth-order valence-corrected chi connectivity index (χ4v) is 1.25. The van der Waals surface area contributed by atoms with Crippen molar-refractivity contribution >= 4 is 5.69 Å². The highest BCUT2D eigenvalue weighted by Crippen LogP contribution is 2.24. The monoisotopic (exact) mass is 174 g/mol. The van der Waals surface area contributed by atoms with Gasteiger partial charge in [0.25, 0.3) is 0 Å². The third kappa shape index (κ3) is 1.39. The summed E-state index contributed by atoms with van der Waals surface area (Å²) >= 11 is 0. The van der Waals surface area contributed by atoms with E-state index in [0.717, 1.165) is 16.9 Å². The molecular weight excluding hydrogens is 164 g/mol. The number of nitrogens with zero attached hydrogens (tertiary/aromatic N) is 1. The summed E-state index contributed by atoms with van der Waals surface area (Å²) in [5.41, 5.74) is 5.49. The zero-order valence-electron chi connectivity index (χ0n) is 6.99. The predicted octanol–water partition coefficient (Wildman–Crippen LogP) is 1.36. The topological polar surface area (TPSA) is 66.7 Å². The van der Waals surface area contributed by atoms with Crippen LogP contribution in [0.15, 0.2) is 36.5 Å². The van der Waals surface area contributed by atoms with Crippen LogP contribution in [0.1, 0.15) is 0 Å². The maximum absolute atomic E-state index is 5.37. The summed E-state index contributed by atoms with van der Waals surface area (Å²) in [5.74, 6) is 5.37. The van der Waals surface area contributed by atoms with Gasteiger partial charge < -0.3 is 5.43 Å². The van der Waals surface area contributed by atoms with Gasteiger partial charge in [-0.3, -0.25) is 10.9 Å². The lowest BCUT2D eigenvalue weighted by atomic mass is 10.1. The van der Waals surface area contributed by atoms with Crippen LogP contribution < -0.4 is 11.3 Å². The molecule has 4 nitrogen and oxygen atoms in total. The van der Waals surface area contributed by atoms with Gasteiger partial charge in [0.1, 0.15) is 0 Å². The first-order valence-corrected chi connectivity index (χ1v) is 3.97. The van der Waals surface area contributed by atoms with Crippen LogP contribution in [0.5, 0.6) is 0 Å². The van der Waals surface area contributed by atoms with Crippen LogP contribution in [0.25, 0.3) is 11.3 Å². The van der Waals surface area contributed by atoms with E-state index in [1.54, 1.807) is 6.20 Å². The van der Waals surface area contributed by atoms with Crippen LogP contribution in [-0.2, 0) is 0 Å². The Morgan fingerprint density at radius 2 is 2.08 bits per heavy atom. The van der Waals surface area contributed by atoms with E-state index in [2.05, 4.69) is 15.6 Å². The summed E-state index contributed by atoms with van der Waals surface area (Å²) in [5, 5.41) is 6.76. The van der Waals surface area contributed by atoms with Gasteiger partial charge in [0.15, 0.2) is 0 Å². The number of aromatic nitrogens is 2. The number of H-pyrrole nitrogens is 1. The molecule has 0 spiro atoms. The SMILES string of the molecule is NNc1ccccc1-c1ccn[nH]1. The minimum absolute atomic E-state index is 0.881. The molecule has 0 atom stereocenters. The molecule has 0 aliphatic heterocycles. The largest absolute Gasteiger partial charge is 0.323 e. The lowest BCUT2D eigenvalue weighted by Gasteiger charge is -2.05. The van der Waals surface area contributed by atoms with Crippen molar-refractivity contribution in [2.75, 3.05) is 5.43 Å². The summed E-state index contributed by atoms with van der Waals surface area (Å²) in [6.07, 6.45) is 1.71. The molecule has 66 valence electrons. The molecule has 0 unspecified atom stereocenters. The van der Waals surface area contributed by atoms with E-state index in [4.69, 9.17) is 5.84 Å². The molecule has 0 aliphatic rings. The van der Waals surface area contributed by atoms with E-state index in [0.29, 0.717) is 0 Å². The highest BCUT2D eigenvalue weighted by atomic mass is 15.2. The van der Waals surface area contributed by atoms with Crippen LogP contribution >= 0.6 is 0 Å². The van der Waals surface area contributed by atoms with Crippen molar-refractivity contribution in [3.05, 3.63) is 36.5 Å². The summed E-state index contributed by atoms with van der Waals surface area (Å²) in [7, 11) is 0. The van der Waals surface area contributed by atoms with Crippen molar-refractivity contribution in [3.8, 4) is 11.3 Å². The number of rotatable bonds is 2. The predicted molar refractivity (Wildman–Crippen MR) is 51.8 cm³/mol. The Labute approximate surface area is 75.7 Å². The van der Waals surface area contributed by atoms with Gasteiger partial charge in [-0.2, -0.15) is 5.10 Å². The Balaban J connectivity index is 2.51. The smallest absolute Gasteiger partial charge is 0.0671 e. The summed E-state index contributed by atoms with van der Waals surface area (Å²) in [6.45, 7) is 0. The molecule has 1 aromatic carbocycles. The van der Waals surface area contributed by atoms with Crippen molar-refractivity contribution in [2.45, 2.75) is 0 Å². The summed E-state index contributed by atoms with van der Waals surface area (Å²) in [6, 6.07) is 9.67. The Bertz CT molecular complexity index is 380. The normalized spacial score (nSPS) is 9.92. The Morgan fingerprint density at radius 3 is 2.77 bits per heavy atom. The van der Waals surface area contributed by atoms with Crippen molar-refractivity contribution < 1.29 is 0 Å². The fraction of sp³-hybridized carbons (Fsp3) is 0. The number of anilines is 1. The molecule has 4 heteroatoms. The van der Waals surface area contributed by atoms with E-state index in [-0.39, 0.29) is 0 Å². The number of hydrogen-bond donors (Lipinski definition) is 3. The third-order valence-corrected chi connectivity index (χ3v) is 1.87. The molecule has 13 heavy (non-hydrogen) atoms. The van der Waals surface area contributed by atoms with Crippen molar-refractivity contribution in [3.63, 3.8) is 0 Å².